The minimum atomic E-state index is -0.781. The van der Waals surface area contributed by atoms with Crippen LogP contribution < -0.4 is 14.8 Å². The number of amides is 1. The molecule has 1 aromatic rings. The summed E-state index contributed by atoms with van der Waals surface area (Å²) in [5, 5.41) is 2.36. The van der Waals surface area contributed by atoms with Gasteiger partial charge in [-0.15, -0.1) is 0 Å². The molecule has 0 bridgehead atoms. The maximum absolute atomic E-state index is 11.8. The first-order chi connectivity index (χ1) is 16.7. The lowest BCUT2D eigenvalue weighted by atomic mass is 10.0. The monoisotopic (exact) mass is 478 g/mol. The SMILES string of the molecule is CCCCCCCCCCCCCCCCCCOC(=O)CNC(=O)Oc1ncccc1OC. The molecule has 1 aromatic heterocycles. The number of hydrogen-bond acceptors (Lipinski definition) is 6. The van der Waals surface area contributed by atoms with Crippen molar-refractivity contribution in [1.29, 1.82) is 0 Å². The van der Waals surface area contributed by atoms with Crippen molar-refractivity contribution in [3.05, 3.63) is 18.3 Å². The number of carbonyl (C=O) groups excluding carboxylic acids is 2. The molecule has 0 spiro atoms. The Morgan fingerprint density at radius 2 is 1.35 bits per heavy atom. The number of unbranched alkanes of at least 4 members (excludes halogenated alkanes) is 15. The summed E-state index contributed by atoms with van der Waals surface area (Å²) in [5.41, 5.74) is 0. The number of ether oxygens (including phenoxy) is 3. The standard InChI is InChI=1S/C27H46N2O5/c1-3-4-5-6-7-8-9-10-11-12-13-14-15-16-17-18-22-33-25(30)23-29-27(31)34-26-24(32-2)20-19-21-28-26/h19-21H,3-18,22-23H2,1-2H3,(H,29,31). The van der Waals surface area contributed by atoms with Gasteiger partial charge in [0.15, 0.2) is 5.75 Å². The fourth-order valence-electron chi connectivity index (χ4n) is 3.76. The quantitative estimate of drug-likeness (QED) is 0.151. The number of methoxy groups -OCH3 is 1. The average Bonchev–Trinajstić information content (AvgIpc) is 2.85. The summed E-state index contributed by atoms with van der Waals surface area (Å²) in [6.45, 7) is 2.40. The van der Waals surface area contributed by atoms with Crippen LogP contribution in [0, 0.1) is 0 Å². The molecule has 1 rings (SSSR count). The number of carbonyl (C=O) groups is 2. The van der Waals surface area contributed by atoms with E-state index in [0.717, 1.165) is 12.8 Å². The number of pyridine rings is 1. The van der Waals surface area contributed by atoms with Crippen molar-refractivity contribution >= 4 is 12.1 Å². The Labute approximate surface area is 206 Å². The van der Waals surface area contributed by atoms with Crippen molar-refractivity contribution in [2.45, 2.75) is 110 Å². The van der Waals surface area contributed by atoms with E-state index >= 15 is 0 Å². The molecule has 0 radical (unpaired) electrons. The lowest BCUT2D eigenvalue weighted by molar-refractivity contribution is -0.142. The summed E-state index contributed by atoms with van der Waals surface area (Å²) in [7, 11) is 1.46. The van der Waals surface area contributed by atoms with Crippen molar-refractivity contribution in [2.75, 3.05) is 20.3 Å². The van der Waals surface area contributed by atoms with Gasteiger partial charge in [-0.3, -0.25) is 4.79 Å². The van der Waals surface area contributed by atoms with Gasteiger partial charge in [-0.25, -0.2) is 9.78 Å². The number of aromatic nitrogens is 1. The van der Waals surface area contributed by atoms with Gasteiger partial charge >= 0.3 is 12.1 Å². The van der Waals surface area contributed by atoms with Crippen LogP contribution in [0.15, 0.2) is 18.3 Å². The molecule has 0 aliphatic heterocycles. The zero-order valence-electron chi connectivity index (χ0n) is 21.4. The molecular formula is C27H46N2O5. The largest absolute Gasteiger partial charge is 0.491 e. The fourth-order valence-corrected chi connectivity index (χ4v) is 3.76. The summed E-state index contributed by atoms with van der Waals surface area (Å²) in [5.74, 6) is -0.0985. The van der Waals surface area contributed by atoms with E-state index in [-0.39, 0.29) is 12.4 Å². The maximum atomic E-state index is 11.8. The molecule has 0 aliphatic carbocycles. The molecule has 0 saturated heterocycles. The first kappa shape index (κ1) is 29.7. The van der Waals surface area contributed by atoms with E-state index in [0.29, 0.717) is 12.4 Å². The molecule has 0 saturated carbocycles. The highest BCUT2D eigenvalue weighted by molar-refractivity contribution is 5.78. The first-order valence-electron chi connectivity index (χ1n) is 13.3. The number of esters is 1. The Hall–Kier alpha value is -2.31. The molecule has 7 heteroatoms. The third-order valence-corrected chi connectivity index (χ3v) is 5.78. The van der Waals surface area contributed by atoms with Gasteiger partial charge in [-0.1, -0.05) is 103 Å². The third-order valence-electron chi connectivity index (χ3n) is 5.78. The van der Waals surface area contributed by atoms with E-state index in [4.69, 9.17) is 14.2 Å². The molecule has 34 heavy (non-hydrogen) atoms. The molecule has 7 nitrogen and oxygen atoms in total. The van der Waals surface area contributed by atoms with Crippen molar-refractivity contribution in [3.8, 4) is 11.6 Å². The molecule has 0 aromatic carbocycles. The summed E-state index contributed by atoms with van der Waals surface area (Å²) < 4.78 is 15.2. The van der Waals surface area contributed by atoms with E-state index < -0.39 is 12.1 Å². The van der Waals surface area contributed by atoms with E-state index in [1.807, 2.05) is 0 Å². The van der Waals surface area contributed by atoms with Gasteiger partial charge in [0, 0.05) is 6.20 Å². The fraction of sp³-hybridized carbons (Fsp3) is 0.741. The predicted molar refractivity (Wildman–Crippen MR) is 135 cm³/mol. The molecule has 1 heterocycles. The molecule has 0 atom stereocenters. The van der Waals surface area contributed by atoms with Crippen LogP contribution in [0.25, 0.3) is 0 Å². The number of rotatable bonds is 21. The maximum Gasteiger partial charge on any atom is 0.414 e. The van der Waals surface area contributed by atoms with Crippen molar-refractivity contribution in [2.24, 2.45) is 0 Å². The summed E-state index contributed by atoms with van der Waals surface area (Å²) in [6, 6.07) is 3.29. The van der Waals surface area contributed by atoms with Crippen molar-refractivity contribution in [1.82, 2.24) is 10.3 Å². The highest BCUT2D eigenvalue weighted by Crippen LogP contribution is 2.22. The zero-order chi connectivity index (χ0) is 24.7. The second-order valence-electron chi connectivity index (χ2n) is 8.78. The number of hydrogen-bond donors (Lipinski definition) is 1. The van der Waals surface area contributed by atoms with Gasteiger partial charge in [0.2, 0.25) is 0 Å². The van der Waals surface area contributed by atoms with Gasteiger partial charge < -0.3 is 19.5 Å². The van der Waals surface area contributed by atoms with E-state index in [2.05, 4.69) is 17.2 Å². The van der Waals surface area contributed by atoms with Crippen LogP contribution in [-0.4, -0.2) is 37.3 Å². The summed E-state index contributed by atoms with van der Waals surface area (Å²) >= 11 is 0. The lowest BCUT2D eigenvalue weighted by Gasteiger charge is -2.09. The van der Waals surface area contributed by atoms with E-state index in [9.17, 15) is 9.59 Å². The van der Waals surface area contributed by atoms with Crippen LogP contribution in [-0.2, 0) is 9.53 Å². The Kier molecular flexibility index (Phi) is 18.6. The summed E-state index contributed by atoms with van der Waals surface area (Å²) in [4.78, 5) is 27.5. The smallest absolute Gasteiger partial charge is 0.414 e. The third kappa shape index (κ3) is 16.3. The molecule has 0 unspecified atom stereocenters. The average molecular weight is 479 g/mol. The Balaban J connectivity index is 1.86. The Bertz CT molecular complexity index is 654. The molecule has 194 valence electrons. The zero-order valence-corrected chi connectivity index (χ0v) is 21.4. The minimum Gasteiger partial charge on any atom is -0.491 e. The van der Waals surface area contributed by atoms with Crippen LogP contribution >= 0.6 is 0 Å². The van der Waals surface area contributed by atoms with Gasteiger partial charge in [0.1, 0.15) is 6.54 Å². The van der Waals surface area contributed by atoms with Gasteiger partial charge in [-0.05, 0) is 18.6 Å². The van der Waals surface area contributed by atoms with Crippen LogP contribution in [0.3, 0.4) is 0 Å². The normalized spacial score (nSPS) is 10.6. The predicted octanol–water partition coefficient (Wildman–Crippen LogP) is 6.98. The lowest BCUT2D eigenvalue weighted by Crippen LogP contribution is -2.33. The molecule has 1 amide bonds. The molecule has 1 N–H and O–H groups in total. The second kappa shape index (κ2) is 21.2. The summed E-state index contributed by atoms with van der Waals surface area (Å²) in [6.07, 6.45) is 21.6. The Morgan fingerprint density at radius 1 is 0.824 bits per heavy atom. The van der Waals surface area contributed by atoms with Crippen molar-refractivity contribution < 1.29 is 23.8 Å². The van der Waals surface area contributed by atoms with E-state index in [1.54, 1.807) is 12.1 Å². The second-order valence-corrected chi connectivity index (χ2v) is 8.78. The highest BCUT2D eigenvalue weighted by atomic mass is 16.6. The van der Waals surface area contributed by atoms with Gasteiger partial charge in [-0.2, -0.15) is 0 Å². The number of nitrogens with one attached hydrogen (secondary N) is 1. The van der Waals surface area contributed by atoms with Crippen LogP contribution in [0.2, 0.25) is 0 Å². The van der Waals surface area contributed by atoms with Crippen molar-refractivity contribution in [3.63, 3.8) is 0 Å². The van der Waals surface area contributed by atoms with Crippen LogP contribution in [0.4, 0.5) is 4.79 Å². The van der Waals surface area contributed by atoms with Gasteiger partial charge in [0.25, 0.3) is 5.88 Å². The topological polar surface area (TPSA) is 86.8 Å². The molecule has 0 aliphatic rings. The van der Waals surface area contributed by atoms with Crippen LogP contribution in [0.1, 0.15) is 110 Å². The molecule has 0 fully saturated rings. The molecular weight excluding hydrogens is 432 g/mol. The van der Waals surface area contributed by atoms with E-state index in [1.165, 1.54) is 103 Å². The Morgan fingerprint density at radius 3 is 1.88 bits per heavy atom. The van der Waals surface area contributed by atoms with Gasteiger partial charge in [0.05, 0.1) is 13.7 Å². The first-order valence-corrected chi connectivity index (χ1v) is 13.3. The highest BCUT2D eigenvalue weighted by Gasteiger charge is 2.12. The van der Waals surface area contributed by atoms with Crippen LogP contribution in [0.5, 0.6) is 11.6 Å². The number of nitrogens with zero attached hydrogens (tertiary/aromatic N) is 1. The minimum absolute atomic E-state index is 0.0454.